The standard InChI is InChI=1S/C38H46N6O6/c1-37(2,3)49-35(47)43-20-8-10-28(43)32-39-22-27(40-32)25-16-12-23(13-17-25)24-14-18-26(19-15-24)31-30(34(45)46)41-33(42(31)7)29-11-9-21-44(29)36(48)50-38(4,5)6/h12-19,22,28-29H,8-11,20-21H2,1-7H3,(H,39,40)(H,45,46)/t28-,29-/m0/s1. The molecule has 2 aromatic heterocycles. The van der Waals surface area contributed by atoms with Crippen molar-refractivity contribution in [2.24, 2.45) is 7.05 Å². The number of hydrogen-bond donors (Lipinski definition) is 2. The fraction of sp³-hybridized carbons (Fsp3) is 0.447. The normalized spacial score (nSPS) is 18.1. The largest absolute Gasteiger partial charge is 0.476 e. The zero-order valence-electron chi connectivity index (χ0n) is 29.8. The lowest BCUT2D eigenvalue weighted by molar-refractivity contribution is 0.0207. The van der Waals surface area contributed by atoms with Crippen molar-refractivity contribution in [2.75, 3.05) is 13.1 Å². The molecule has 4 aromatic rings. The Balaban J connectivity index is 1.19. The Morgan fingerprint density at radius 1 is 0.760 bits per heavy atom. The minimum atomic E-state index is -1.13. The summed E-state index contributed by atoms with van der Waals surface area (Å²) < 4.78 is 13.0. The molecule has 2 saturated heterocycles. The fourth-order valence-corrected chi connectivity index (χ4v) is 6.77. The van der Waals surface area contributed by atoms with Gasteiger partial charge in [-0.1, -0.05) is 48.5 Å². The highest BCUT2D eigenvalue weighted by atomic mass is 16.6. The highest BCUT2D eigenvalue weighted by molar-refractivity contribution is 5.93. The van der Waals surface area contributed by atoms with Gasteiger partial charge in [0.05, 0.1) is 29.7 Å². The molecular formula is C38H46N6O6. The first-order chi connectivity index (χ1) is 23.6. The number of carbonyl (C=O) groups excluding carboxylic acids is 2. The third-order valence-electron chi connectivity index (χ3n) is 8.99. The van der Waals surface area contributed by atoms with Gasteiger partial charge in [-0.2, -0.15) is 0 Å². The van der Waals surface area contributed by atoms with E-state index in [1.165, 1.54) is 0 Å². The lowest BCUT2D eigenvalue weighted by Gasteiger charge is -2.28. The molecule has 264 valence electrons. The lowest BCUT2D eigenvalue weighted by atomic mass is 10.0. The van der Waals surface area contributed by atoms with Gasteiger partial charge in [0, 0.05) is 25.7 Å². The van der Waals surface area contributed by atoms with E-state index >= 15 is 0 Å². The van der Waals surface area contributed by atoms with Crippen LogP contribution in [0.4, 0.5) is 9.59 Å². The van der Waals surface area contributed by atoms with Gasteiger partial charge in [0.25, 0.3) is 0 Å². The zero-order chi connectivity index (χ0) is 36.0. The van der Waals surface area contributed by atoms with Gasteiger partial charge < -0.3 is 24.1 Å². The highest BCUT2D eigenvalue weighted by Gasteiger charge is 2.38. The fourth-order valence-electron chi connectivity index (χ4n) is 6.77. The van der Waals surface area contributed by atoms with Crippen LogP contribution in [-0.4, -0.2) is 76.9 Å². The number of nitrogens with zero attached hydrogens (tertiary/aromatic N) is 5. The number of rotatable bonds is 6. The van der Waals surface area contributed by atoms with Gasteiger partial charge in [-0.05, 0) is 83.9 Å². The van der Waals surface area contributed by atoms with E-state index in [0.717, 1.165) is 47.5 Å². The monoisotopic (exact) mass is 682 g/mol. The molecule has 0 saturated carbocycles. The van der Waals surface area contributed by atoms with E-state index in [1.54, 1.807) is 27.6 Å². The summed E-state index contributed by atoms with van der Waals surface area (Å²) in [6.07, 6.45) is 4.20. The van der Waals surface area contributed by atoms with Crippen LogP contribution in [0.2, 0.25) is 0 Å². The van der Waals surface area contributed by atoms with Crippen LogP contribution in [0.25, 0.3) is 33.6 Å². The molecule has 2 N–H and O–H groups in total. The summed E-state index contributed by atoms with van der Waals surface area (Å²) in [4.78, 5) is 54.1. The zero-order valence-corrected chi connectivity index (χ0v) is 29.8. The van der Waals surface area contributed by atoms with Crippen molar-refractivity contribution in [1.82, 2.24) is 29.3 Å². The van der Waals surface area contributed by atoms with Crippen molar-refractivity contribution in [3.8, 4) is 33.6 Å². The number of nitrogens with one attached hydrogen (secondary N) is 1. The second-order valence-corrected chi connectivity index (χ2v) is 15.0. The third-order valence-corrected chi connectivity index (χ3v) is 8.99. The third kappa shape index (κ3) is 7.24. The molecule has 0 radical (unpaired) electrons. The maximum atomic E-state index is 13.0. The molecule has 12 nitrogen and oxygen atoms in total. The average Bonchev–Trinajstić information content (AvgIpc) is 3.85. The van der Waals surface area contributed by atoms with E-state index in [1.807, 2.05) is 90.1 Å². The number of amides is 2. The second kappa shape index (κ2) is 13.3. The van der Waals surface area contributed by atoms with Gasteiger partial charge in [-0.15, -0.1) is 0 Å². The van der Waals surface area contributed by atoms with Crippen molar-refractivity contribution < 1.29 is 29.0 Å². The number of likely N-dealkylation sites (tertiary alicyclic amines) is 2. The summed E-state index contributed by atoms with van der Waals surface area (Å²) in [6.45, 7) is 12.2. The molecule has 0 aliphatic carbocycles. The Hall–Kier alpha value is -5.13. The van der Waals surface area contributed by atoms with Crippen molar-refractivity contribution >= 4 is 18.2 Å². The number of ether oxygens (including phenoxy) is 2. The van der Waals surface area contributed by atoms with E-state index < -0.39 is 23.3 Å². The summed E-state index contributed by atoms with van der Waals surface area (Å²) in [5.74, 6) is 0.135. The lowest BCUT2D eigenvalue weighted by Crippen LogP contribution is -2.37. The second-order valence-electron chi connectivity index (χ2n) is 15.0. The number of imidazole rings is 2. The Labute approximate surface area is 292 Å². The van der Waals surface area contributed by atoms with Crippen molar-refractivity contribution in [3.63, 3.8) is 0 Å². The Morgan fingerprint density at radius 2 is 1.24 bits per heavy atom. The Kier molecular flexibility index (Phi) is 9.23. The number of hydrogen-bond acceptors (Lipinski definition) is 7. The number of aromatic carboxylic acids is 1. The predicted molar refractivity (Wildman–Crippen MR) is 188 cm³/mol. The Morgan fingerprint density at radius 3 is 1.76 bits per heavy atom. The van der Waals surface area contributed by atoms with Crippen LogP contribution in [-0.2, 0) is 16.5 Å². The van der Waals surface area contributed by atoms with E-state index in [-0.39, 0.29) is 23.9 Å². The first-order valence-corrected chi connectivity index (χ1v) is 17.1. The molecule has 50 heavy (non-hydrogen) atoms. The average molecular weight is 683 g/mol. The number of carboxylic acid groups (broad SMARTS) is 1. The van der Waals surface area contributed by atoms with Crippen molar-refractivity contribution in [2.45, 2.75) is 90.5 Å². The molecule has 2 atom stereocenters. The molecular weight excluding hydrogens is 636 g/mol. The molecule has 2 aliphatic rings. The van der Waals surface area contributed by atoms with Crippen LogP contribution in [0, 0.1) is 0 Å². The SMILES string of the molecule is Cn1c([C@@H]2CCCN2C(=O)OC(C)(C)C)nc(C(=O)O)c1-c1ccc(-c2ccc(-c3cnc([C@@H]4CCCN4C(=O)OC(C)(C)C)[nH]3)cc2)cc1. The van der Waals surface area contributed by atoms with Crippen molar-refractivity contribution in [3.05, 3.63) is 72.1 Å². The quantitative estimate of drug-likeness (QED) is 0.208. The number of aromatic amines is 1. The van der Waals surface area contributed by atoms with Gasteiger partial charge in [0.2, 0.25) is 0 Å². The summed E-state index contributed by atoms with van der Waals surface area (Å²) in [7, 11) is 1.80. The minimum Gasteiger partial charge on any atom is -0.476 e. The molecule has 0 unspecified atom stereocenters. The number of aromatic nitrogens is 4. The van der Waals surface area contributed by atoms with Gasteiger partial charge in [0.1, 0.15) is 22.9 Å². The van der Waals surface area contributed by atoms with E-state index in [0.29, 0.717) is 36.6 Å². The van der Waals surface area contributed by atoms with Gasteiger partial charge in [-0.3, -0.25) is 9.80 Å². The predicted octanol–water partition coefficient (Wildman–Crippen LogP) is 7.99. The van der Waals surface area contributed by atoms with Crippen LogP contribution in [0.5, 0.6) is 0 Å². The maximum Gasteiger partial charge on any atom is 0.410 e. The molecule has 4 heterocycles. The highest BCUT2D eigenvalue weighted by Crippen LogP contribution is 2.37. The van der Waals surface area contributed by atoms with Gasteiger partial charge in [0.15, 0.2) is 5.69 Å². The molecule has 0 spiro atoms. The molecule has 2 fully saturated rings. The summed E-state index contributed by atoms with van der Waals surface area (Å²) in [5, 5.41) is 10.1. The van der Waals surface area contributed by atoms with Gasteiger partial charge in [-0.25, -0.2) is 24.4 Å². The first-order valence-electron chi connectivity index (χ1n) is 17.1. The topological polar surface area (TPSA) is 143 Å². The molecule has 6 rings (SSSR count). The van der Waals surface area contributed by atoms with Crippen LogP contribution < -0.4 is 0 Å². The number of H-pyrrole nitrogens is 1. The number of carbonyl (C=O) groups is 3. The van der Waals surface area contributed by atoms with Crippen LogP contribution in [0.3, 0.4) is 0 Å². The van der Waals surface area contributed by atoms with Crippen molar-refractivity contribution in [1.29, 1.82) is 0 Å². The van der Waals surface area contributed by atoms with Crippen LogP contribution in [0.1, 0.15) is 101 Å². The number of benzene rings is 2. The summed E-state index contributed by atoms with van der Waals surface area (Å²) in [6, 6.07) is 15.3. The van der Waals surface area contributed by atoms with E-state index in [2.05, 4.69) is 15.0 Å². The molecule has 2 aromatic carbocycles. The molecule has 2 amide bonds. The maximum absolute atomic E-state index is 13.0. The summed E-state index contributed by atoms with van der Waals surface area (Å²) >= 11 is 0. The van der Waals surface area contributed by atoms with Crippen LogP contribution >= 0.6 is 0 Å². The summed E-state index contributed by atoms with van der Waals surface area (Å²) in [5.41, 5.74) is 3.72. The molecule has 2 aliphatic heterocycles. The molecule has 12 heteroatoms. The van der Waals surface area contributed by atoms with Crippen LogP contribution in [0.15, 0.2) is 54.7 Å². The Bertz CT molecular complexity index is 1880. The smallest absolute Gasteiger partial charge is 0.410 e. The van der Waals surface area contributed by atoms with E-state index in [4.69, 9.17) is 9.47 Å². The van der Waals surface area contributed by atoms with Gasteiger partial charge >= 0.3 is 18.2 Å². The minimum absolute atomic E-state index is 0.0543. The molecule has 0 bridgehead atoms. The first kappa shape index (κ1) is 34.7. The van der Waals surface area contributed by atoms with E-state index in [9.17, 15) is 19.5 Å². The number of carboxylic acids is 1.